The molecule has 2 heterocycles. The van der Waals surface area contributed by atoms with Crippen molar-refractivity contribution in [3.8, 4) is 0 Å². The fourth-order valence-corrected chi connectivity index (χ4v) is 7.15. The molecule has 3 rings (SSSR count). The predicted octanol–water partition coefficient (Wildman–Crippen LogP) is 2.07. The van der Waals surface area contributed by atoms with Gasteiger partial charge < -0.3 is 0 Å². The summed E-state index contributed by atoms with van der Waals surface area (Å²) < 4.78 is 54.9. The number of benzene rings is 1. The van der Waals surface area contributed by atoms with Gasteiger partial charge in [-0.05, 0) is 44.9 Å². The van der Waals surface area contributed by atoms with Gasteiger partial charge in [-0.1, -0.05) is 17.7 Å². The van der Waals surface area contributed by atoms with Gasteiger partial charge in [0, 0.05) is 31.2 Å². The van der Waals surface area contributed by atoms with Gasteiger partial charge >= 0.3 is 0 Å². The van der Waals surface area contributed by atoms with E-state index >= 15 is 0 Å². The Balaban J connectivity index is 1.87. The van der Waals surface area contributed by atoms with Crippen LogP contribution in [0.2, 0.25) is 5.02 Å². The Kier molecular flexibility index (Phi) is 5.88. The van der Waals surface area contributed by atoms with E-state index < -0.39 is 20.0 Å². The second-order valence-corrected chi connectivity index (χ2v) is 11.1. The van der Waals surface area contributed by atoms with Crippen molar-refractivity contribution >= 4 is 31.6 Å². The van der Waals surface area contributed by atoms with Gasteiger partial charge in [0.1, 0.15) is 4.90 Å². The van der Waals surface area contributed by atoms with Gasteiger partial charge in [0.05, 0.1) is 16.3 Å². The Morgan fingerprint density at radius 2 is 1.57 bits per heavy atom. The molecule has 1 saturated heterocycles. The highest BCUT2D eigenvalue weighted by Gasteiger charge is 2.34. The van der Waals surface area contributed by atoms with Crippen LogP contribution in [0, 0.1) is 20.8 Å². The van der Waals surface area contributed by atoms with Crippen LogP contribution in [0.3, 0.4) is 0 Å². The molecule has 1 aliphatic heterocycles. The second-order valence-electron chi connectivity index (χ2n) is 6.83. The van der Waals surface area contributed by atoms with Crippen molar-refractivity contribution < 1.29 is 16.8 Å². The van der Waals surface area contributed by atoms with Gasteiger partial charge in [-0.2, -0.15) is 13.7 Å². The second kappa shape index (κ2) is 7.75. The highest BCUT2D eigenvalue weighted by atomic mass is 35.5. The molecule has 8 nitrogen and oxygen atoms in total. The molecule has 0 radical (unpaired) electrons. The molecule has 11 heteroatoms. The Morgan fingerprint density at radius 3 is 2.14 bits per heavy atom. The van der Waals surface area contributed by atoms with Gasteiger partial charge in [0.25, 0.3) is 0 Å². The first-order valence-corrected chi connectivity index (χ1v) is 12.1. The Hall–Kier alpha value is -1.46. The molecule has 1 aliphatic rings. The van der Waals surface area contributed by atoms with Gasteiger partial charge in [-0.3, -0.25) is 5.10 Å². The third kappa shape index (κ3) is 3.84. The van der Waals surface area contributed by atoms with Crippen molar-refractivity contribution in [2.24, 2.45) is 0 Å². The van der Waals surface area contributed by atoms with Crippen LogP contribution in [0.1, 0.15) is 23.4 Å². The minimum absolute atomic E-state index is 0.0729. The quantitative estimate of drug-likeness (QED) is 0.774. The normalized spacial score (nSPS) is 17.6. The minimum atomic E-state index is -3.77. The van der Waals surface area contributed by atoms with Crippen molar-refractivity contribution in [2.75, 3.05) is 26.2 Å². The molecule has 0 bridgehead atoms. The topological polar surface area (TPSA) is 103 Å². The highest BCUT2D eigenvalue weighted by molar-refractivity contribution is 7.89. The zero-order valence-corrected chi connectivity index (χ0v) is 18.3. The zero-order chi connectivity index (χ0) is 20.7. The van der Waals surface area contributed by atoms with Crippen LogP contribution in [0.15, 0.2) is 28.0 Å². The molecule has 0 aliphatic carbocycles. The number of aromatic nitrogens is 2. The number of rotatable bonds is 4. The first-order chi connectivity index (χ1) is 13.0. The summed E-state index contributed by atoms with van der Waals surface area (Å²) in [5, 5.41) is 6.99. The summed E-state index contributed by atoms with van der Waals surface area (Å²) >= 11 is 5.98. The van der Waals surface area contributed by atoms with E-state index in [1.165, 1.54) is 14.7 Å². The number of halogens is 1. The summed E-state index contributed by atoms with van der Waals surface area (Å²) in [4.78, 5) is 0.312. The first kappa shape index (κ1) is 21.3. The van der Waals surface area contributed by atoms with E-state index in [1.807, 2.05) is 0 Å². The van der Waals surface area contributed by atoms with E-state index in [0.29, 0.717) is 28.4 Å². The lowest BCUT2D eigenvalue weighted by Gasteiger charge is -2.22. The van der Waals surface area contributed by atoms with E-state index in [0.717, 1.165) is 0 Å². The summed E-state index contributed by atoms with van der Waals surface area (Å²) in [6.45, 7) is 5.63. The molecule has 0 atom stereocenters. The molecule has 1 N–H and O–H groups in total. The minimum Gasteiger partial charge on any atom is -0.281 e. The number of aromatic amines is 1. The van der Waals surface area contributed by atoms with Crippen LogP contribution in [0.4, 0.5) is 0 Å². The van der Waals surface area contributed by atoms with E-state index in [-0.39, 0.29) is 36.0 Å². The highest BCUT2D eigenvalue weighted by Crippen LogP contribution is 2.27. The number of sulfonamides is 2. The van der Waals surface area contributed by atoms with Crippen molar-refractivity contribution in [3.63, 3.8) is 0 Å². The van der Waals surface area contributed by atoms with E-state index in [9.17, 15) is 16.8 Å². The lowest BCUT2D eigenvalue weighted by molar-refractivity contribution is 0.404. The summed E-state index contributed by atoms with van der Waals surface area (Å²) in [6.07, 6.45) is 0.397. The van der Waals surface area contributed by atoms with Crippen molar-refractivity contribution in [1.29, 1.82) is 0 Å². The summed E-state index contributed by atoms with van der Waals surface area (Å²) in [5.41, 5.74) is 1.48. The monoisotopic (exact) mass is 446 g/mol. The Morgan fingerprint density at radius 1 is 0.964 bits per heavy atom. The van der Waals surface area contributed by atoms with Crippen molar-refractivity contribution in [2.45, 2.75) is 37.0 Å². The van der Waals surface area contributed by atoms with Crippen LogP contribution in [0.5, 0.6) is 0 Å². The van der Waals surface area contributed by atoms with Crippen LogP contribution in [-0.2, 0) is 20.0 Å². The van der Waals surface area contributed by atoms with Crippen molar-refractivity contribution in [1.82, 2.24) is 18.8 Å². The smallest absolute Gasteiger partial charge is 0.246 e. The standard InChI is InChI=1S/C17H23ClN4O4S2/c1-12-5-6-15(18)11-16(12)27(23,24)21-7-4-8-22(10-9-21)28(25,26)17-13(2)19-20-14(17)3/h5-6,11H,4,7-10H2,1-3H3,(H,19,20). The maximum atomic E-state index is 13.1. The van der Waals surface area contributed by atoms with Gasteiger partial charge in [0.2, 0.25) is 20.0 Å². The zero-order valence-electron chi connectivity index (χ0n) is 15.9. The average molecular weight is 447 g/mol. The molecule has 2 aromatic rings. The van der Waals surface area contributed by atoms with Gasteiger partial charge in [-0.15, -0.1) is 0 Å². The molecule has 1 fully saturated rings. The van der Waals surface area contributed by atoms with Gasteiger partial charge in [-0.25, -0.2) is 16.8 Å². The van der Waals surface area contributed by atoms with Gasteiger partial charge in [0.15, 0.2) is 0 Å². The molecule has 0 saturated carbocycles. The molecule has 1 aromatic heterocycles. The van der Waals surface area contributed by atoms with E-state index in [2.05, 4.69) is 10.2 Å². The maximum Gasteiger partial charge on any atom is 0.246 e. The number of nitrogens with zero attached hydrogens (tertiary/aromatic N) is 3. The number of nitrogens with one attached hydrogen (secondary N) is 1. The van der Waals surface area contributed by atoms with Crippen LogP contribution >= 0.6 is 11.6 Å². The first-order valence-electron chi connectivity index (χ1n) is 8.83. The number of hydrogen-bond acceptors (Lipinski definition) is 5. The maximum absolute atomic E-state index is 13.1. The Labute approximate surface area is 170 Å². The molecular weight excluding hydrogens is 424 g/mol. The molecule has 28 heavy (non-hydrogen) atoms. The third-order valence-electron chi connectivity index (χ3n) is 4.84. The van der Waals surface area contributed by atoms with E-state index in [1.54, 1.807) is 32.9 Å². The van der Waals surface area contributed by atoms with E-state index in [4.69, 9.17) is 11.6 Å². The van der Waals surface area contributed by atoms with Crippen LogP contribution in [0.25, 0.3) is 0 Å². The van der Waals surface area contributed by atoms with Crippen LogP contribution < -0.4 is 0 Å². The molecular formula is C17H23ClN4O4S2. The largest absolute Gasteiger partial charge is 0.281 e. The number of hydrogen-bond donors (Lipinski definition) is 1. The van der Waals surface area contributed by atoms with Crippen LogP contribution in [-0.4, -0.2) is 61.8 Å². The van der Waals surface area contributed by atoms with Crippen molar-refractivity contribution in [3.05, 3.63) is 40.2 Å². The molecule has 154 valence electrons. The predicted molar refractivity (Wildman–Crippen MR) is 106 cm³/mol. The summed E-state index contributed by atoms with van der Waals surface area (Å²) in [5.74, 6) is 0. The molecule has 1 aromatic carbocycles. The SMILES string of the molecule is Cc1ccc(Cl)cc1S(=O)(=O)N1CCCN(S(=O)(=O)c2c(C)n[nH]c2C)CC1. The fourth-order valence-electron chi connectivity index (χ4n) is 3.39. The lowest BCUT2D eigenvalue weighted by Crippen LogP contribution is -2.37. The molecule has 0 amide bonds. The third-order valence-corrected chi connectivity index (χ3v) is 9.28. The Bertz CT molecular complexity index is 1080. The summed E-state index contributed by atoms with van der Waals surface area (Å²) in [6, 6.07) is 4.74. The fraction of sp³-hybridized carbons (Fsp3) is 0.471. The lowest BCUT2D eigenvalue weighted by atomic mass is 10.2. The average Bonchev–Trinajstić information content (AvgIpc) is 2.83. The molecule has 0 unspecified atom stereocenters. The summed E-state index contributed by atoms with van der Waals surface area (Å²) in [7, 11) is -7.52. The molecule has 0 spiro atoms. The number of aryl methyl sites for hydroxylation is 3. The number of H-pyrrole nitrogens is 1.